The van der Waals surface area contributed by atoms with Crippen LogP contribution in [-0.2, 0) is 0 Å². The highest BCUT2D eigenvalue weighted by atomic mass is 16.5. The first-order valence-electron chi connectivity index (χ1n) is 7.27. The first kappa shape index (κ1) is 12.8. The monoisotopic (exact) mass is 260 g/mol. The van der Waals surface area contributed by atoms with Crippen molar-refractivity contribution < 1.29 is 9.84 Å². The number of hydrogen-bond donors (Lipinski definition) is 1. The topological polar surface area (TPSA) is 29.5 Å². The van der Waals surface area contributed by atoms with Crippen LogP contribution in [0.25, 0.3) is 0 Å². The summed E-state index contributed by atoms with van der Waals surface area (Å²) >= 11 is 0. The van der Waals surface area contributed by atoms with Crippen LogP contribution in [0.4, 0.5) is 0 Å². The zero-order valence-electron chi connectivity index (χ0n) is 12.4. The molecule has 2 bridgehead atoms. The second kappa shape index (κ2) is 3.91. The van der Waals surface area contributed by atoms with Gasteiger partial charge in [0.15, 0.2) is 11.5 Å². The standard InChI is InChI=1S/C17H24O2/c1-16(2)11-8-9-17(16,3)13(10-11)12-6-5-7-14(19-4)15(12)18/h5-7,11,13,18H,8-10H2,1-4H3/t11-,13-,17+/m0/s1. The summed E-state index contributed by atoms with van der Waals surface area (Å²) in [7, 11) is 1.62. The maximum atomic E-state index is 10.4. The summed E-state index contributed by atoms with van der Waals surface area (Å²) in [6.45, 7) is 7.22. The van der Waals surface area contributed by atoms with Gasteiger partial charge >= 0.3 is 0 Å². The van der Waals surface area contributed by atoms with E-state index in [9.17, 15) is 5.11 Å². The van der Waals surface area contributed by atoms with Crippen molar-refractivity contribution in [2.24, 2.45) is 16.7 Å². The Morgan fingerprint density at radius 2 is 2.00 bits per heavy atom. The smallest absolute Gasteiger partial charge is 0.161 e. The molecule has 0 aliphatic heterocycles. The lowest BCUT2D eigenvalue weighted by Gasteiger charge is -2.39. The number of ether oxygens (including phenoxy) is 1. The minimum atomic E-state index is 0.293. The Balaban J connectivity index is 2.06. The molecule has 2 fully saturated rings. The number of fused-ring (bicyclic) bond motifs is 2. The van der Waals surface area contributed by atoms with E-state index in [1.807, 2.05) is 12.1 Å². The molecule has 1 N–H and O–H groups in total. The maximum absolute atomic E-state index is 10.4. The van der Waals surface area contributed by atoms with Crippen LogP contribution < -0.4 is 4.74 Å². The molecule has 1 aromatic rings. The minimum absolute atomic E-state index is 0.293. The molecule has 0 heterocycles. The van der Waals surface area contributed by atoms with Crippen LogP contribution in [0.5, 0.6) is 11.5 Å². The summed E-state index contributed by atoms with van der Waals surface area (Å²) in [4.78, 5) is 0. The third kappa shape index (κ3) is 1.49. The second-order valence-corrected chi connectivity index (χ2v) is 7.06. The zero-order valence-corrected chi connectivity index (χ0v) is 12.4. The van der Waals surface area contributed by atoms with Gasteiger partial charge < -0.3 is 9.84 Å². The van der Waals surface area contributed by atoms with E-state index < -0.39 is 0 Å². The normalized spacial score (nSPS) is 35.6. The first-order chi connectivity index (χ1) is 8.91. The summed E-state index contributed by atoms with van der Waals surface area (Å²) in [5.41, 5.74) is 1.74. The quantitative estimate of drug-likeness (QED) is 0.857. The van der Waals surface area contributed by atoms with Crippen LogP contribution in [0, 0.1) is 16.7 Å². The third-order valence-electron chi connectivity index (χ3n) is 6.42. The van der Waals surface area contributed by atoms with Gasteiger partial charge in [-0.15, -0.1) is 0 Å². The predicted molar refractivity (Wildman–Crippen MR) is 76.6 cm³/mol. The fourth-order valence-corrected chi connectivity index (χ4v) is 4.66. The minimum Gasteiger partial charge on any atom is -0.504 e. The van der Waals surface area contributed by atoms with Crippen molar-refractivity contribution in [2.75, 3.05) is 7.11 Å². The van der Waals surface area contributed by atoms with Crippen molar-refractivity contribution in [3.63, 3.8) is 0 Å². The van der Waals surface area contributed by atoms with Gasteiger partial charge in [0.1, 0.15) is 0 Å². The van der Waals surface area contributed by atoms with Crippen molar-refractivity contribution in [1.82, 2.24) is 0 Å². The molecular weight excluding hydrogens is 236 g/mol. The summed E-state index contributed by atoms with van der Waals surface area (Å²) in [5.74, 6) is 2.19. The van der Waals surface area contributed by atoms with E-state index in [0.717, 1.165) is 11.5 Å². The summed E-state index contributed by atoms with van der Waals surface area (Å²) in [5, 5.41) is 10.4. The van der Waals surface area contributed by atoms with Gasteiger partial charge in [0.25, 0.3) is 0 Å². The maximum Gasteiger partial charge on any atom is 0.161 e. The highest BCUT2D eigenvalue weighted by Crippen LogP contribution is 2.71. The number of hydrogen-bond acceptors (Lipinski definition) is 2. The van der Waals surface area contributed by atoms with Gasteiger partial charge in [0.2, 0.25) is 0 Å². The zero-order chi connectivity index (χ0) is 13.8. The molecule has 2 heteroatoms. The third-order valence-corrected chi connectivity index (χ3v) is 6.42. The number of methoxy groups -OCH3 is 1. The SMILES string of the molecule is COc1cccc([C@@H]2C[C@@H]3CC[C@@]2(C)C3(C)C)c1O. The number of phenolic OH excluding ortho intramolecular Hbond substituents is 1. The highest BCUT2D eigenvalue weighted by Gasteiger charge is 2.61. The first-order valence-corrected chi connectivity index (χ1v) is 7.27. The molecule has 1 aromatic carbocycles. The Labute approximate surface area is 115 Å². The van der Waals surface area contributed by atoms with Gasteiger partial charge in [0, 0.05) is 5.56 Å². The molecule has 0 amide bonds. The average molecular weight is 260 g/mol. The lowest BCUT2D eigenvalue weighted by atomic mass is 9.65. The molecule has 0 saturated heterocycles. The van der Waals surface area contributed by atoms with Gasteiger partial charge in [-0.1, -0.05) is 32.9 Å². The highest BCUT2D eigenvalue weighted by molar-refractivity contribution is 5.48. The van der Waals surface area contributed by atoms with E-state index in [0.29, 0.717) is 28.2 Å². The Morgan fingerprint density at radius 3 is 2.53 bits per heavy atom. The molecule has 19 heavy (non-hydrogen) atoms. The Bertz CT molecular complexity index is 506. The Morgan fingerprint density at radius 1 is 1.26 bits per heavy atom. The fraction of sp³-hybridized carbons (Fsp3) is 0.647. The van der Waals surface area contributed by atoms with Crippen LogP contribution in [0.3, 0.4) is 0 Å². The molecule has 104 valence electrons. The average Bonchev–Trinajstić information content (AvgIpc) is 2.71. The summed E-state index contributed by atoms with van der Waals surface area (Å²) in [6, 6.07) is 5.90. The van der Waals surface area contributed by atoms with Crippen LogP contribution in [0.15, 0.2) is 18.2 Å². The molecule has 0 spiro atoms. The van der Waals surface area contributed by atoms with E-state index in [2.05, 4.69) is 26.8 Å². The van der Waals surface area contributed by atoms with Crippen LogP contribution in [-0.4, -0.2) is 12.2 Å². The number of phenols is 1. The molecule has 2 saturated carbocycles. The van der Waals surface area contributed by atoms with Gasteiger partial charge in [-0.05, 0) is 48.0 Å². The van der Waals surface area contributed by atoms with E-state index in [4.69, 9.17) is 4.74 Å². The van der Waals surface area contributed by atoms with E-state index in [1.54, 1.807) is 7.11 Å². The van der Waals surface area contributed by atoms with Crippen LogP contribution in [0.1, 0.15) is 51.5 Å². The van der Waals surface area contributed by atoms with Crippen molar-refractivity contribution >= 4 is 0 Å². The number of aromatic hydroxyl groups is 1. The second-order valence-electron chi connectivity index (χ2n) is 7.06. The summed E-state index contributed by atoms with van der Waals surface area (Å²) in [6.07, 6.45) is 3.81. The molecule has 0 radical (unpaired) electrons. The van der Waals surface area contributed by atoms with Crippen molar-refractivity contribution in [3.05, 3.63) is 23.8 Å². The summed E-state index contributed by atoms with van der Waals surface area (Å²) < 4.78 is 5.26. The number of para-hydroxylation sites is 1. The fourth-order valence-electron chi connectivity index (χ4n) is 4.66. The predicted octanol–water partition coefficient (Wildman–Crippen LogP) is 4.33. The lowest BCUT2D eigenvalue weighted by molar-refractivity contribution is 0.133. The molecule has 3 atom stereocenters. The van der Waals surface area contributed by atoms with Crippen molar-refractivity contribution in [2.45, 2.75) is 46.0 Å². The van der Waals surface area contributed by atoms with Crippen LogP contribution in [0.2, 0.25) is 0 Å². The van der Waals surface area contributed by atoms with Gasteiger partial charge in [-0.25, -0.2) is 0 Å². The molecular formula is C17H24O2. The number of rotatable bonds is 2. The van der Waals surface area contributed by atoms with E-state index in [1.165, 1.54) is 19.3 Å². The Hall–Kier alpha value is -1.18. The number of benzene rings is 1. The molecule has 2 aliphatic rings. The largest absolute Gasteiger partial charge is 0.504 e. The molecule has 2 aliphatic carbocycles. The van der Waals surface area contributed by atoms with Crippen LogP contribution >= 0.6 is 0 Å². The van der Waals surface area contributed by atoms with Gasteiger partial charge in [-0.3, -0.25) is 0 Å². The van der Waals surface area contributed by atoms with Gasteiger partial charge in [0.05, 0.1) is 7.11 Å². The van der Waals surface area contributed by atoms with Crippen molar-refractivity contribution in [1.29, 1.82) is 0 Å². The molecule has 0 unspecified atom stereocenters. The molecule has 2 nitrogen and oxygen atoms in total. The van der Waals surface area contributed by atoms with Crippen molar-refractivity contribution in [3.8, 4) is 11.5 Å². The van der Waals surface area contributed by atoms with E-state index >= 15 is 0 Å². The van der Waals surface area contributed by atoms with Gasteiger partial charge in [-0.2, -0.15) is 0 Å². The molecule has 0 aromatic heterocycles. The molecule has 3 rings (SSSR count). The van der Waals surface area contributed by atoms with E-state index in [-0.39, 0.29) is 0 Å². The Kier molecular flexibility index (Phi) is 2.64. The lowest BCUT2D eigenvalue weighted by Crippen LogP contribution is -2.31.